The molecular weight excluding hydrogens is 292 g/mol. The minimum atomic E-state index is -0.360. The number of methoxy groups -OCH3 is 2. The Hall–Kier alpha value is -2.95. The summed E-state index contributed by atoms with van der Waals surface area (Å²) in [6, 6.07) is 12.8. The van der Waals surface area contributed by atoms with Crippen LogP contribution in [0.3, 0.4) is 0 Å². The first-order chi connectivity index (χ1) is 11.1. The van der Waals surface area contributed by atoms with Crippen molar-refractivity contribution in [2.45, 2.75) is 6.92 Å². The van der Waals surface area contributed by atoms with Gasteiger partial charge in [0.1, 0.15) is 11.5 Å². The van der Waals surface area contributed by atoms with Gasteiger partial charge >= 0.3 is 6.03 Å². The summed E-state index contributed by atoms with van der Waals surface area (Å²) in [5, 5.41) is 5.40. The number of hydrogen-bond donors (Lipinski definition) is 2. The number of hydrogen-bond acceptors (Lipinski definition) is 3. The van der Waals surface area contributed by atoms with Crippen LogP contribution >= 0.6 is 0 Å². The molecule has 0 fully saturated rings. The third-order valence-corrected chi connectivity index (χ3v) is 3.32. The van der Waals surface area contributed by atoms with Crippen LogP contribution in [-0.2, 0) is 0 Å². The minimum absolute atomic E-state index is 0.360. The highest BCUT2D eigenvalue weighted by atomic mass is 16.5. The second-order valence-electron chi connectivity index (χ2n) is 4.85. The Labute approximate surface area is 135 Å². The van der Waals surface area contributed by atoms with Crippen molar-refractivity contribution >= 4 is 17.8 Å². The molecule has 0 spiro atoms. The molecule has 2 aromatic carbocycles. The van der Waals surface area contributed by atoms with Crippen LogP contribution in [-0.4, -0.2) is 20.3 Å². The predicted octanol–water partition coefficient (Wildman–Crippen LogP) is 3.80. The molecule has 5 nitrogen and oxygen atoms in total. The van der Waals surface area contributed by atoms with Crippen molar-refractivity contribution in [3.63, 3.8) is 0 Å². The molecule has 0 aliphatic rings. The molecule has 2 rings (SSSR count). The third kappa shape index (κ3) is 4.51. The van der Waals surface area contributed by atoms with Crippen LogP contribution in [0.1, 0.15) is 11.1 Å². The zero-order chi connectivity index (χ0) is 16.7. The van der Waals surface area contributed by atoms with E-state index in [2.05, 4.69) is 10.6 Å². The normalized spacial score (nSPS) is 10.4. The summed E-state index contributed by atoms with van der Waals surface area (Å²) in [5.74, 6) is 1.19. The van der Waals surface area contributed by atoms with Crippen molar-refractivity contribution in [2.24, 2.45) is 0 Å². The number of aryl methyl sites for hydroxylation is 1. The van der Waals surface area contributed by atoms with Gasteiger partial charge in [-0.2, -0.15) is 0 Å². The first-order valence-corrected chi connectivity index (χ1v) is 7.15. The van der Waals surface area contributed by atoms with E-state index >= 15 is 0 Å². The molecule has 0 aromatic heterocycles. The number of amides is 2. The summed E-state index contributed by atoms with van der Waals surface area (Å²) >= 11 is 0. The first kappa shape index (κ1) is 16.4. The van der Waals surface area contributed by atoms with Gasteiger partial charge in [0.15, 0.2) is 0 Å². The lowest BCUT2D eigenvalue weighted by atomic mass is 10.1. The van der Waals surface area contributed by atoms with E-state index in [-0.39, 0.29) is 6.03 Å². The molecule has 0 aliphatic heterocycles. The molecule has 0 saturated heterocycles. The van der Waals surface area contributed by atoms with Crippen molar-refractivity contribution in [1.29, 1.82) is 0 Å². The zero-order valence-electron chi connectivity index (χ0n) is 13.4. The van der Waals surface area contributed by atoms with Gasteiger partial charge in [-0.05, 0) is 36.3 Å². The Morgan fingerprint density at radius 2 is 1.87 bits per heavy atom. The van der Waals surface area contributed by atoms with Gasteiger partial charge in [0.2, 0.25) is 0 Å². The highest BCUT2D eigenvalue weighted by Gasteiger charge is 2.07. The average Bonchev–Trinajstić information content (AvgIpc) is 2.56. The van der Waals surface area contributed by atoms with Gasteiger partial charge in [-0.1, -0.05) is 24.3 Å². The van der Waals surface area contributed by atoms with E-state index in [1.54, 1.807) is 38.6 Å². The van der Waals surface area contributed by atoms with Crippen molar-refractivity contribution in [2.75, 3.05) is 19.5 Å². The van der Waals surface area contributed by atoms with Crippen LogP contribution in [0.15, 0.2) is 48.7 Å². The Morgan fingerprint density at radius 3 is 2.57 bits per heavy atom. The van der Waals surface area contributed by atoms with Crippen LogP contribution in [0.5, 0.6) is 11.5 Å². The van der Waals surface area contributed by atoms with E-state index in [1.165, 1.54) is 0 Å². The summed E-state index contributed by atoms with van der Waals surface area (Å²) < 4.78 is 10.4. The van der Waals surface area contributed by atoms with Gasteiger partial charge in [-0.25, -0.2) is 4.79 Å². The monoisotopic (exact) mass is 312 g/mol. The van der Waals surface area contributed by atoms with Crippen molar-refractivity contribution < 1.29 is 14.3 Å². The molecule has 0 unspecified atom stereocenters. The van der Waals surface area contributed by atoms with Gasteiger partial charge < -0.3 is 20.1 Å². The molecule has 0 aliphatic carbocycles. The van der Waals surface area contributed by atoms with Crippen molar-refractivity contribution in [3.8, 4) is 11.5 Å². The van der Waals surface area contributed by atoms with Crippen LogP contribution in [0.4, 0.5) is 10.5 Å². The lowest BCUT2D eigenvalue weighted by Crippen LogP contribution is -2.24. The first-order valence-electron chi connectivity index (χ1n) is 7.15. The molecule has 0 atom stereocenters. The molecule has 5 heteroatoms. The number of benzene rings is 2. The topological polar surface area (TPSA) is 59.6 Å². The summed E-state index contributed by atoms with van der Waals surface area (Å²) in [5.41, 5.74) is 2.72. The molecule has 0 bridgehead atoms. The van der Waals surface area contributed by atoms with E-state index < -0.39 is 0 Å². The number of ether oxygens (including phenoxy) is 2. The molecule has 0 saturated carbocycles. The molecule has 2 aromatic rings. The fraction of sp³-hybridized carbons (Fsp3) is 0.167. The predicted molar refractivity (Wildman–Crippen MR) is 91.9 cm³/mol. The molecule has 23 heavy (non-hydrogen) atoms. The summed E-state index contributed by atoms with van der Waals surface area (Å²) in [7, 11) is 3.11. The third-order valence-electron chi connectivity index (χ3n) is 3.32. The molecule has 0 heterocycles. The highest BCUT2D eigenvalue weighted by Crippen LogP contribution is 2.28. The largest absolute Gasteiger partial charge is 0.497 e. The van der Waals surface area contributed by atoms with Crippen LogP contribution in [0, 0.1) is 6.92 Å². The number of carbonyl (C=O) groups excluding carboxylic acids is 1. The SMILES string of the molecule is COc1ccc(OC)c(NC(=O)N/C=C/c2ccccc2C)c1. The molecule has 2 N–H and O–H groups in total. The standard InChI is InChI=1S/C18H20N2O3/c1-13-6-4-5-7-14(13)10-11-19-18(21)20-16-12-15(22-2)8-9-17(16)23-3/h4-12H,1-3H3,(H2,19,20,21)/b11-10+. The fourth-order valence-corrected chi connectivity index (χ4v) is 2.05. The van der Waals surface area contributed by atoms with Gasteiger partial charge in [0.05, 0.1) is 19.9 Å². The molecule has 120 valence electrons. The quantitative estimate of drug-likeness (QED) is 0.882. The average molecular weight is 312 g/mol. The maximum absolute atomic E-state index is 12.0. The van der Waals surface area contributed by atoms with Crippen molar-refractivity contribution in [3.05, 3.63) is 59.8 Å². The zero-order valence-corrected chi connectivity index (χ0v) is 13.4. The van der Waals surface area contributed by atoms with Gasteiger partial charge in [-0.3, -0.25) is 0 Å². The van der Waals surface area contributed by atoms with Gasteiger partial charge in [-0.15, -0.1) is 0 Å². The maximum Gasteiger partial charge on any atom is 0.323 e. The Kier molecular flexibility index (Phi) is 5.63. The van der Waals surface area contributed by atoms with Crippen LogP contribution in [0.2, 0.25) is 0 Å². The van der Waals surface area contributed by atoms with E-state index in [1.807, 2.05) is 37.3 Å². The number of urea groups is 1. The summed E-state index contributed by atoms with van der Waals surface area (Å²) in [6.07, 6.45) is 3.45. The van der Waals surface area contributed by atoms with Crippen LogP contribution < -0.4 is 20.1 Å². The summed E-state index contributed by atoms with van der Waals surface area (Å²) in [6.45, 7) is 2.01. The number of rotatable bonds is 5. The minimum Gasteiger partial charge on any atom is -0.497 e. The maximum atomic E-state index is 12.0. The van der Waals surface area contributed by atoms with E-state index in [4.69, 9.17) is 9.47 Å². The molecule has 0 radical (unpaired) electrons. The van der Waals surface area contributed by atoms with E-state index in [0.717, 1.165) is 11.1 Å². The summed E-state index contributed by atoms with van der Waals surface area (Å²) in [4.78, 5) is 12.0. The fourth-order valence-electron chi connectivity index (χ4n) is 2.05. The number of carbonyl (C=O) groups is 1. The number of anilines is 1. The Morgan fingerprint density at radius 1 is 1.09 bits per heavy atom. The van der Waals surface area contributed by atoms with Crippen molar-refractivity contribution in [1.82, 2.24) is 5.32 Å². The second kappa shape index (κ2) is 7.89. The van der Waals surface area contributed by atoms with E-state index in [0.29, 0.717) is 17.2 Å². The van der Waals surface area contributed by atoms with Gasteiger partial charge in [0, 0.05) is 12.3 Å². The Bertz CT molecular complexity index is 711. The second-order valence-corrected chi connectivity index (χ2v) is 4.85. The lowest BCUT2D eigenvalue weighted by Gasteiger charge is -2.11. The van der Waals surface area contributed by atoms with Crippen LogP contribution in [0.25, 0.3) is 6.08 Å². The molecular formula is C18H20N2O3. The lowest BCUT2D eigenvalue weighted by molar-refractivity contribution is 0.255. The highest BCUT2D eigenvalue weighted by molar-refractivity contribution is 5.92. The number of nitrogens with one attached hydrogen (secondary N) is 2. The smallest absolute Gasteiger partial charge is 0.323 e. The van der Waals surface area contributed by atoms with E-state index in [9.17, 15) is 4.79 Å². The Balaban J connectivity index is 2.01. The van der Waals surface area contributed by atoms with Gasteiger partial charge in [0.25, 0.3) is 0 Å². The molecule has 2 amide bonds.